The first-order valence-corrected chi connectivity index (χ1v) is 13.3. The van der Waals surface area contributed by atoms with E-state index in [1.165, 1.54) is 22.7 Å². The van der Waals surface area contributed by atoms with E-state index in [1.807, 2.05) is 12.1 Å². The summed E-state index contributed by atoms with van der Waals surface area (Å²) in [7, 11) is 0. The summed E-state index contributed by atoms with van der Waals surface area (Å²) in [6, 6.07) is 11.5. The Bertz CT molecular complexity index is 1170. The lowest BCUT2D eigenvalue weighted by Crippen LogP contribution is -2.30. The van der Waals surface area contributed by atoms with E-state index in [4.69, 9.17) is 0 Å². The van der Waals surface area contributed by atoms with Crippen molar-refractivity contribution in [3.63, 3.8) is 0 Å². The summed E-state index contributed by atoms with van der Waals surface area (Å²) in [6.07, 6.45) is 5.69. The second-order valence-electron chi connectivity index (χ2n) is 8.33. The van der Waals surface area contributed by atoms with Crippen LogP contribution in [0.15, 0.2) is 35.4 Å². The van der Waals surface area contributed by atoms with E-state index in [9.17, 15) is 20.1 Å². The van der Waals surface area contributed by atoms with Gasteiger partial charge in [-0.1, -0.05) is 39.5 Å². The van der Waals surface area contributed by atoms with Gasteiger partial charge in [-0.25, -0.2) is 0 Å². The zero-order valence-electron chi connectivity index (χ0n) is 19.4. The lowest BCUT2D eigenvalue weighted by molar-refractivity contribution is -0.124. The Morgan fingerprint density at radius 2 is 1.12 bits per heavy atom. The van der Waals surface area contributed by atoms with Crippen LogP contribution in [0.25, 0.3) is 11.4 Å². The van der Waals surface area contributed by atoms with Crippen LogP contribution in [0.5, 0.6) is 0 Å². The predicted octanol–water partition coefficient (Wildman–Crippen LogP) is 5.74. The van der Waals surface area contributed by atoms with E-state index < -0.39 is 0 Å². The van der Waals surface area contributed by atoms with Crippen molar-refractivity contribution in [2.75, 3.05) is 13.1 Å². The van der Waals surface area contributed by atoms with Gasteiger partial charge >= 0.3 is 0 Å². The molecule has 0 N–H and O–H groups in total. The van der Waals surface area contributed by atoms with Gasteiger partial charge < -0.3 is 9.80 Å². The van der Waals surface area contributed by atoms with Gasteiger partial charge in [-0.2, -0.15) is 10.5 Å². The number of hydrogen-bond donors (Lipinski definition) is 0. The fourth-order valence-corrected chi connectivity index (χ4v) is 6.15. The highest BCUT2D eigenvalue weighted by Gasteiger charge is 2.49. The van der Waals surface area contributed by atoms with Crippen molar-refractivity contribution in [2.45, 2.75) is 52.4 Å². The van der Waals surface area contributed by atoms with Gasteiger partial charge in [0.2, 0.25) is 0 Å². The molecule has 0 fully saturated rings. The molecular weight excluding hydrogens is 464 g/mol. The first-order valence-electron chi connectivity index (χ1n) is 11.7. The zero-order chi connectivity index (χ0) is 24.2. The molecule has 0 aromatic carbocycles. The molecule has 6 nitrogen and oxygen atoms in total. The second-order valence-corrected chi connectivity index (χ2v) is 10.5. The third-order valence-corrected chi connectivity index (χ3v) is 8.04. The van der Waals surface area contributed by atoms with E-state index in [0.717, 1.165) is 48.3 Å². The molecule has 4 rings (SSSR count). The molecule has 34 heavy (non-hydrogen) atoms. The van der Waals surface area contributed by atoms with Crippen molar-refractivity contribution in [3.05, 3.63) is 54.9 Å². The smallest absolute Gasteiger partial charge is 0.261 e. The second kappa shape index (κ2) is 10.4. The normalized spacial score (nSPS) is 15.4. The van der Waals surface area contributed by atoms with Crippen molar-refractivity contribution in [1.29, 1.82) is 10.5 Å². The van der Waals surface area contributed by atoms with E-state index in [-0.39, 0.29) is 11.8 Å². The summed E-state index contributed by atoms with van der Waals surface area (Å²) >= 11 is 2.61. The fraction of sp³-hybridized carbons (Fsp3) is 0.385. The molecule has 2 aliphatic heterocycles. The maximum atomic E-state index is 13.8. The number of hydrogen-bond acceptors (Lipinski definition) is 6. The highest BCUT2D eigenvalue weighted by atomic mass is 32.1. The first kappa shape index (κ1) is 23.9. The Morgan fingerprint density at radius 3 is 1.44 bits per heavy atom. The summed E-state index contributed by atoms with van der Waals surface area (Å²) in [6.45, 7) is 5.28. The number of carbonyl (C=O) groups is 2. The van der Waals surface area contributed by atoms with Crippen LogP contribution < -0.4 is 0 Å². The van der Waals surface area contributed by atoms with Crippen molar-refractivity contribution in [2.24, 2.45) is 0 Å². The Kier molecular flexibility index (Phi) is 7.31. The standard InChI is InChI=1S/C26H26N4O2S2/c1-3-5-7-13-29-23(19-11-9-17(15-27)33-19)21-22(25(29)31)24(20-12-10-18(16-28)34-20)30(26(21)32)14-8-6-4-2/h9-12H,3-8,13-14H2,1-2H3. The van der Waals surface area contributed by atoms with Crippen LogP contribution in [0.2, 0.25) is 0 Å². The fourth-order valence-electron chi connectivity index (χ4n) is 4.43. The highest BCUT2D eigenvalue weighted by Crippen LogP contribution is 2.48. The summed E-state index contributed by atoms with van der Waals surface area (Å²) in [5, 5.41) is 18.7. The van der Waals surface area contributed by atoms with E-state index in [2.05, 4.69) is 26.0 Å². The molecule has 0 radical (unpaired) electrons. The quantitative estimate of drug-likeness (QED) is 0.397. The average Bonchev–Trinajstić information content (AvgIpc) is 3.61. The molecular formula is C26H26N4O2S2. The molecule has 0 saturated heterocycles. The number of fused-ring (bicyclic) bond motifs is 1. The third-order valence-electron chi connectivity index (χ3n) is 6.05. The van der Waals surface area contributed by atoms with Gasteiger partial charge in [-0.05, 0) is 37.1 Å². The molecule has 4 heterocycles. The largest absolute Gasteiger partial charge is 0.306 e. The Hall–Kier alpha value is -3.20. The van der Waals surface area contributed by atoms with Crippen molar-refractivity contribution in [1.82, 2.24) is 9.80 Å². The lowest BCUT2D eigenvalue weighted by Gasteiger charge is -2.24. The number of unbranched alkanes of at least 4 members (excludes halogenated alkanes) is 4. The van der Waals surface area contributed by atoms with Crippen LogP contribution in [-0.2, 0) is 9.59 Å². The monoisotopic (exact) mass is 490 g/mol. The van der Waals surface area contributed by atoms with Crippen LogP contribution >= 0.6 is 22.7 Å². The summed E-state index contributed by atoms with van der Waals surface area (Å²) < 4.78 is 0. The number of carbonyl (C=O) groups excluding carboxylic acids is 2. The van der Waals surface area contributed by atoms with Gasteiger partial charge in [-0.15, -0.1) is 22.7 Å². The van der Waals surface area contributed by atoms with Gasteiger partial charge in [-0.3, -0.25) is 9.59 Å². The molecule has 0 unspecified atom stereocenters. The van der Waals surface area contributed by atoms with Crippen LogP contribution in [0.3, 0.4) is 0 Å². The maximum Gasteiger partial charge on any atom is 0.261 e. The molecule has 0 saturated carbocycles. The molecule has 0 spiro atoms. The minimum Gasteiger partial charge on any atom is -0.306 e. The average molecular weight is 491 g/mol. The molecule has 2 aromatic heterocycles. The molecule has 0 atom stereocenters. The van der Waals surface area contributed by atoms with Gasteiger partial charge in [0.25, 0.3) is 11.8 Å². The number of rotatable bonds is 10. The minimum absolute atomic E-state index is 0.166. The van der Waals surface area contributed by atoms with Gasteiger partial charge in [0.1, 0.15) is 21.9 Å². The topological polar surface area (TPSA) is 88.2 Å². The van der Waals surface area contributed by atoms with Crippen LogP contribution in [0.1, 0.15) is 71.9 Å². The van der Waals surface area contributed by atoms with Crippen LogP contribution in [0.4, 0.5) is 0 Å². The molecule has 0 bridgehead atoms. The van der Waals surface area contributed by atoms with Crippen molar-refractivity contribution in [3.8, 4) is 12.1 Å². The third kappa shape index (κ3) is 4.20. The number of amides is 2. The maximum absolute atomic E-state index is 13.8. The molecule has 2 amide bonds. The Morgan fingerprint density at radius 1 is 0.706 bits per heavy atom. The number of thiophene rings is 2. The highest BCUT2D eigenvalue weighted by molar-refractivity contribution is 7.14. The lowest BCUT2D eigenvalue weighted by atomic mass is 10.1. The number of nitriles is 2. The SMILES string of the molecule is CCCCCN1C(=O)C2=C(c3ccc(C#N)s3)N(CCCCC)C(=O)C2=C1c1ccc(C#N)s1. The van der Waals surface area contributed by atoms with Gasteiger partial charge in [0.15, 0.2) is 0 Å². The molecule has 0 aliphatic carbocycles. The first-order chi connectivity index (χ1) is 16.5. The van der Waals surface area contributed by atoms with Crippen molar-refractivity contribution >= 4 is 45.9 Å². The van der Waals surface area contributed by atoms with Crippen LogP contribution in [-0.4, -0.2) is 34.7 Å². The zero-order valence-corrected chi connectivity index (χ0v) is 21.0. The van der Waals surface area contributed by atoms with Gasteiger partial charge in [0, 0.05) is 13.1 Å². The summed E-state index contributed by atoms with van der Waals surface area (Å²) in [5.41, 5.74) is 2.12. The van der Waals surface area contributed by atoms with E-state index in [1.54, 1.807) is 21.9 Å². The minimum atomic E-state index is -0.166. The van der Waals surface area contributed by atoms with E-state index in [0.29, 0.717) is 45.4 Å². The Labute approximate surface area is 208 Å². The van der Waals surface area contributed by atoms with Gasteiger partial charge in [0.05, 0.1) is 32.3 Å². The molecule has 8 heteroatoms. The predicted molar refractivity (Wildman–Crippen MR) is 134 cm³/mol. The summed E-state index contributed by atoms with van der Waals surface area (Å²) in [4.78, 5) is 33.8. The Balaban J connectivity index is 1.89. The molecule has 2 aliphatic rings. The van der Waals surface area contributed by atoms with Crippen LogP contribution in [0, 0.1) is 22.7 Å². The van der Waals surface area contributed by atoms with E-state index >= 15 is 0 Å². The number of nitrogens with zero attached hydrogens (tertiary/aromatic N) is 4. The summed E-state index contributed by atoms with van der Waals surface area (Å²) in [5.74, 6) is -0.331. The van der Waals surface area contributed by atoms with Crippen molar-refractivity contribution < 1.29 is 9.59 Å². The molecule has 174 valence electrons. The molecule has 2 aromatic rings.